The first-order valence-corrected chi connectivity index (χ1v) is 15.5. The van der Waals surface area contributed by atoms with Gasteiger partial charge in [0.1, 0.15) is 22.9 Å². The van der Waals surface area contributed by atoms with Crippen LogP contribution in [-0.4, -0.2) is 86.3 Å². The molecule has 1 fully saturated rings. The van der Waals surface area contributed by atoms with Gasteiger partial charge in [-0.2, -0.15) is 8.42 Å². The molecule has 2 N–H and O–H groups in total. The van der Waals surface area contributed by atoms with E-state index in [0.717, 1.165) is 51.0 Å². The van der Waals surface area contributed by atoms with Crippen LogP contribution in [0.3, 0.4) is 0 Å². The SMILES string of the molecule is C.CCN1CCN(Cc2ccc(Nc3ncc(F)c(-c4cc(F)c5nc(C)n(C(C)C)c5c4)n3)nc2)CC1.CS(=O)(=O)O. The fourth-order valence-corrected chi connectivity index (χ4v) is 4.92. The molecule has 1 saturated heterocycles. The fourth-order valence-electron chi connectivity index (χ4n) is 4.92. The van der Waals surface area contributed by atoms with Crippen molar-refractivity contribution in [2.24, 2.45) is 0 Å². The number of aryl methyl sites for hydroxylation is 1. The zero-order chi connectivity index (χ0) is 30.6. The number of hydrogen-bond donors (Lipinski definition) is 2. The van der Waals surface area contributed by atoms with Crippen molar-refractivity contribution in [1.29, 1.82) is 0 Å². The van der Waals surface area contributed by atoms with E-state index in [0.29, 0.717) is 29.0 Å². The molecule has 0 saturated carbocycles. The molecule has 11 nitrogen and oxygen atoms in total. The van der Waals surface area contributed by atoms with Crippen molar-refractivity contribution >= 4 is 32.9 Å². The summed E-state index contributed by atoms with van der Waals surface area (Å²) in [6, 6.07) is 6.94. The number of likely N-dealkylation sites (N-methyl/N-ethyl adjacent to an activating group) is 1. The normalized spacial score (nSPS) is 14.3. The van der Waals surface area contributed by atoms with Gasteiger partial charge in [-0.25, -0.2) is 28.7 Å². The van der Waals surface area contributed by atoms with E-state index in [1.807, 2.05) is 43.7 Å². The van der Waals surface area contributed by atoms with Crippen LogP contribution in [0.1, 0.15) is 45.6 Å². The Bertz CT molecular complexity index is 1630. The Morgan fingerprint density at radius 1 is 1.00 bits per heavy atom. The molecule has 4 aromatic rings. The van der Waals surface area contributed by atoms with Crippen LogP contribution in [0, 0.1) is 18.6 Å². The maximum absolute atomic E-state index is 14.9. The van der Waals surface area contributed by atoms with Crippen LogP contribution in [-0.2, 0) is 16.7 Å². The standard InChI is InChI=1S/C27H32F2N8.CH4O3S.CH4/c1-5-35-8-10-36(11-9-35)16-19-6-7-24(30-14-19)33-27-31-15-22(29)25(34-27)20-12-21(28)26-23(13-20)37(17(2)3)18(4)32-26;1-5(2,3)4;/h6-7,12-15,17H,5,8-11,16H2,1-4H3,(H,30,31,33,34);1H3,(H,2,3,4);1H4. The Morgan fingerprint density at radius 3 is 2.23 bits per heavy atom. The zero-order valence-corrected chi connectivity index (χ0v) is 25.2. The van der Waals surface area contributed by atoms with E-state index < -0.39 is 21.8 Å². The Morgan fingerprint density at radius 2 is 1.65 bits per heavy atom. The van der Waals surface area contributed by atoms with E-state index in [-0.39, 0.29) is 30.6 Å². The molecule has 0 atom stereocenters. The quantitative estimate of drug-likeness (QED) is 0.271. The number of nitrogens with one attached hydrogen (secondary N) is 1. The summed E-state index contributed by atoms with van der Waals surface area (Å²) in [5, 5.41) is 3.04. The van der Waals surface area contributed by atoms with Gasteiger partial charge in [-0.3, -0.25) is 9.45 Å². The second kappa shape index (κ2) is 14.3. The first kappa shape index (κ1) is 33.9. The summed E-state index contributed by atoms with van der Waals surface area (Å²) in [4.78, 5) is 22.1. The van der Waals surface area contributed by atoms with Gasteiger partial charge in [0.15, 0.2) is 11.6 Å². The van der Waals surface area contributed by atoms with Crippen molar-refractivity contribution in [2.75, 3.05) is 44.3 Å². The summed E-state index contributed by atoms with van der Waals surface area (Å²) in [7, 11) is -3.67. The number of hydrogen-bond acceptors (Lipinski definition) is 9. The van der Waals surface area contributed by atoms with Crippen molar-refractivity contribution in [3.05, 3.63) is 59.7 Å². The van der Waals surface area contributed by atoms with Crippen molar-refractivity contribution in [2.45, 2.75) is 47.7 Å². The number of benzene rings is 1. The number of aromatic nitrogens is 5. The smallest absolute Gasteiger partial charge is 0.261 e. The van der Waals surface area contributed by atoms with Gasteiger partial charge in [-0.05, 0) is 51.1 Å². The molecule has 1 aromatic carbocycles. The summed E-state index contributed by atoms with van der Waals surface area (Å²) in [6.45, 7) is 14.2. The van der Waals surface area contributed by atoms with E-state index in [1.54, 1.807) is 6.07 Å². The maximum Gasteiger partial charge on any atom is 0.261 e. The highest BCUT2D eigenvalue weighted by molar-refractivity contribution is 7.85. The monoisotopic (exact) mass is 618 g/mol. The minimum Gasteiger partial charge on any atom is -0.326 e. The van der Waals surface area contributed by atoms with Crippen molar-refractivity contribution in [1.82, 2.24) is 34.3 Å². The van der Waals surface area contributed by atoms with Crippen LogP contribution in [0.4, 0.5) is 20.5 Å². The molecular weight excluding hydrogens is 578 g/mol. The lowest BCUT2D eigenvalue weighted by molar-refractivity contribution is 0.132. The maximum atomic E-state index is 14.9. The first-order chi connectivity index (χ1) is 19.8. The van der Waals surface area contributed by atoms with Crippen molar-refractivity contribution < 1.29 is 21.8 Å². The minimum absolute atomic E-state index is 0. The van der Waals surface area contributed by atoms with Crippen LogP contribution >= 0.6 is 0 Å². The van der Waals surface area contributed by atoms with E-state index >= 15 is 0 Å². The third-order valence-electron chi connectivity index (χ3n) is 6.84. The summed E-state index contributed by atoms with van der Waals surface area (Å²) < 4.78 is 57.5. The topological polar surface area (TPSA) is 129 Å². The molecule has 0 amide bonds. The molecule has 0 radical (unpaired) electrons. The van der Waals surface area contributed by atoms with Gasteiger partial charge in [0.05, 0.1) is 18.0 Å². The lowest BCUT2D eigenvalue weighted by Crippen LogP contribution is -2.45. The van der Waals surface area contributed by atoms with Gasteiger partial charge in [0.2, 0.25) is 5.95 Å². The highest BCUT2D eigenvalue weighted by Crippen LogP contribution is 2.30. The summed E-state index contributed by atoms with van der Waals surface area (Å²) in [5.74, 6) is 0.275. The van der Waals surface area contributed by atoms with Gasteiger partial charge in [0, 0.05) is 50.5 Å². The Hall–Kier alpha value is -3.59. The van der Waals surface area contributed by atoms with Gasteiger partial charge >= 0.3 is 0 Å². The lowest BCUT2D eigenvalue weighted by atomic mass is 10.1. The third kappa shape index (κ3) is 8.95. The second-order valence-corrected chi connectivity index (χ2v) is 11.9. The number of rotatable bonds is 7. The number of piperazine rings is 1. The third-order valence-corrected chi connectivity index (χ3v) is 6.84. The summed E-state index contributed by atoms with van der Waals surface area (Å²) >= 11 is 0. The zero-order valence-electron chi connectivity index (χ0n) is 24.3. The van der Waals surface area contributed by atoms with Crippen molar-refractivity contribution in [3.63, 3.8) is 0 Å². The molecule has 0 spiro atoms. The molecule has 4 heterocycles. The van der Waals surface area contributed by atoms with Crippen LogP contribution in [0.2, 0.25) is 0 Å². The molecule has 0 aliphatic carbocycles. The number of imidazole rings is 1. The summed E-state index contributed by atoms with van der Waals surface area (Å²) in [6.07, 6.45) is 3.63. The average molecular weight is 619 g/mol. The number of halogens is 2. The van der Waals surface area contributed by atoms with E-state index in [4.69, 9.17) is 4.55 Å². The predicted octanol–water partition coefficient (Wildman–Crippen LogP) is 5.08. The average Bonchev–Trinajstić information content (AvgIpc) is 3.27. The molecule has 5 rings (SSSR count). The molecule has 1 aliphatic heterocycles. The highest BCUT2D eigenvalue weighted by atomic mass is 32.2. The Balaban J connectivity index is 0.000000781. The van der Waals surface area contributed by atoms with Gasteiger partial charge in [0.25, 0.3) is 10.1 Å². The van der Waals surface area contributed by atoms with Crippen LogP contribution < -0.4 is 5.32 Å². The Labute approximate surface area is 251 Å². The molecule has 0 unspecified atom stereocenters. The van der Waals surface area contributed by atoms with Gasteiger partial charge in [-0.15, -0.1) is 0 Å². The van der Waals surface area contributed by atoms with E-state index in [9.17, 15) is 17.2 Å². The number of fused-ring (bicyclic) bond motifs is 1. The number of anilines is 2. The van der Waals surface area contributed by atoms with Crippen molar-refractivity contribution in [3.8, 4) is 11.3 Å². The molecule has 1 aliphatic rings. The van der Waals surface area contributed by atoms with E-state index in [2.05, 4.69) is 42.0 Å². The highest BCUT2D eigenvalue weighted by Gasteiger charge is 2.19. The van der Waals surface area contributed by atoms with Crippen LogP contribution in [0.25, 0.3) is 22.3 Å². The van der Waals surface area contributed by atoms with E-state index in [1.165, 1.54) is 6.07 Å². The molecular formula is C29H40F2N8O3S. The predicted molar refractivity (Wildman–Crippen MR) is 165 cm³/mol. The number of pyridine rings is 1. The minimum atomic E-state index is -3.67. The first-order valence-electron chi connectivity index (χ1n) is 13.6. The fraction of sp³-hybridized carbons (Fsp3) is 0.448. The molecule has 0 bridgehead atoms. The van der Waals surface area contributed by atoms with Gasteiger partial charge < -0.3 is 14.8 Å². The van der Waals surface area contributed by atoms with Crippen LogP contribution in [0.15, 0.2) is 36.7 Å². The molecule has 234 valence electrons. The van der Waals surface area contributed by atoms with Gasteiger partial charge in [-0.1, -0.05) is 20.4 Å². The number of nitrogens with zero attached hydrogens (tertiary/aromatic N) is 7. The Kier molecular flexibility index (Phi) is 11.2. The second-order valence-electron chi connectivity index (χ2n) is 10.5. The molecule has 3 aromatic heterocycles. The largest absolute Gasteiger partial charge is 0.326 e. The lowest BCUT2D eigenvalue weighted by Gasteiger charge is -2.33. The summed E-state index contributed by atoms with van der Waals surface area (Å²) in [5.41, 5.74) is 2.32. The van der Waals surface area contributed by atoms with Crippen LogP contribution in [0.5, 0.6) is 0 Å². The molecule has 14 heteroatoms. The molecule has 43 heavy (non-hydrogen) atoms.